The molecule has 1 saturated heterocycles. The van der Waals surface area contributed by atoms with Crippen molar-refractivity contribution < 1.29 is 43.5 Å². The van der Waals surface area contributed by atoms with Gasteiger partial charge in [-0.15, -0.1) is 6.58 Å². The fraction of sp³-hybridized carbons (Fsp3) is 0.867. The van der Waals surface area contributed by atoms with E-state index in [0.717, 1.165) is 6.04 Å². The third-order valence-electron chi connectivity index (χ3n) is 4.14. The average Bonchev–Trinajstić information content (AvgIpc) is 2.54. The third kappa shape index (κ3) is 8.09. The van der Waals surface area contributed by atoms with Crippen LogP contribution in [-0.4, -0.2) is 77.4 Å². The van der Waals surface area contributed by atoms with Crippen molar-refractivity contribution in [1.82, 2.24) is 0 Å². The molecule has 1 heterocycles. The second-order valence-corrected chi connectivity index (χ2v) is 7.81. The highest BCUT2D eigenvalue weighted by atomic mass is 32.2. The van der Waals surface area contributed by atoms with Gasteiger partial charge in [0.2, 0.25) is 0 Å². The molecule has 6 N–H and O–H groups in total. The molecule has 0 spiro atoms. The number of aliphatic hydroxyl groups excluding tert-OH is 3. The first-order valence-electron chi connectivity index (χ1n) is 8.34. The smallest absolute Gasteiger partial charge is 0.186 e. The van der Waals surface area contributed by atoms with E-state index >= 15 is 0 Å². The number of hydrogen-bond donors (Lipinski definition) is 4. The molecule has 0 aromatic rings. The number of hydrogen-bond acceptors (Lipinski definition) is 8. The Morgan fingerprint density at radius 3 is 2.20 bits per heavy atom. The van der Waals surface area contributed by atoms with E-state index in [4.69, 9.17) is 9.47 Å². The van der Waals surface area contributed by atoms with Crippen LogP contribution in [0.15, 0.2) is 12.7 Å². The molecule has 0 bridgehead atoms. The summed E-state index contributed by atoms with van der Waals surface area (Å²) in [6.45, 7) is 3.35. The molecule has 0 aromatic carbocycles. The predicted molar refractivity (Wildman–Crippen MR) is 87.2 cm³/mol. The van der Waals surface area contributed by atoms with Crippen LogP contribution in [0.4, 0.5) is 0 Å². The number of aliphatic hydroxyl groups is 3. The van der Waals surface area contributed by atoms with Gasteiger partial charge in [0.15, 0.2) is 6.29 Å². The van der Waals surface area contributed by atoms with Crippen LogP contribution in [0.3, 0.4) is 0 Å². The molecule has 2 aliphatic rings. The first-order valence-corrected chi connectivity index (χ1v) is 9.92. The molecule has 0 radical (unpaired) electrons. The molecule has 0 aromatic heterocycles. The molecule has 5 atom stereocenters. The Bertz CT molecular complexity index is 494. The Kier molecular flexibility index (Phi) is 9.46. The summed E-state index contributed by atoms with van der Waals surface area (Å²) in [5.41, 5.74) is 4.00. The van der Waals surface area contributed by atoms with E-state index in [2.05, 4.69) is 12.3 Å². The summed E-state index contributed by atoms with van der Waals surface area (Å²) in [6.07, 6.45) is 0.702. The van der Waals surface area contributed by atoms with Crippen molar-refractivity contribution in [2.75, 3.05) is 12.4 Å². The van der Waals surface area contributed by atoms with E-state index in [-0.39, 0.29) is 6.61 Å². The van der Waals surface area contributed by atoms with Crippen LogP contribution in [0, 0.1) is 0 Å². The highest BCUT2D eigenvalue weighted by Crippen LogP contribution is 2.23. The largest absolute Gasteiger partial charge is 0.748 e. The molecule has 1 aliphatic carbocycles. The SMILES string of the molecule is C=CCO[C@H]1O[C@H](CS(=O)(=O)[O-])[C@@H](O)[C@H](O)[C@H]1O.[NH3+]C1CCCCC1. The van der Waals surface area contributed by atoms with Crippen LogP contribution in [0.2, 0.25) is 0 Å². The fourth-order valence-electron chi connectivity index (χ4n) is 2.74. The summed E-state index contributed by atoms with van der Waals surface area (Å²) in [5.74, 6) is -1.02. The molecule has 2 fully saturated rings. The number of quaternary nitrogens is 1. The van der Waals surface area contributed by atoms with Crippen molar-refractivity contribution in [3.63, 3.8) is 0 Å². The predicted octanol–water partition coefficient (Wildman–Crippen LogP) is -1.90. The van der Waals surface area contributed by atoms with Gasteiger partial charge in [0.05, 0.1) is 28.5 Å². The third-order valence-corrected chi connectivity index (χ3v) is 4.88. The standard InChI is InChI=1S/C9H16O8S.C6H13N/c1-2-3-16-9-8(12)7(11)6(10)5(17-9)4-18(13,14)15;7-6-4-2-1-3-5-6/h2,5-12H,1,3-4H2,(H,13,14,15);6H,1-5,7H2/t5-,6-,7+,8-,9+;/m1./s1. The van der Waals surface area contributed by atoms with Crippen molar-refractivity contribution in [1.29, 1.82) is 0 Å². The van der Waals surface area contributed by atoms with Crippen LogP contribution >= 0.6 is 0 Å². The van der Waals surface area contributed by atoms with E-state index in [9.17, 15) is 28.3 Å². The first kappa shape index (κ1) is 22.5. The quantitative estimate of drug-likeness (QED) is 0.316. The molecule has 1 aliphatic heterocycles. The van der Waals surface area contributed by atoms with Gasteiger partial charge in [-0.25, -0.2) is 8.42 Å². The Labute approximate surface area is 148 Å². The van der Waals surface area contributed by atoms with Crippen molar-refractivity contribution in [3.8, 4) is 0 Å². The Balaban J connectivity index is 0.000000370. The minimum Gasteiger partial charge on any atom is -0.748 e. The normalized spacial score (nSPS) is 34.0. The van der Waals surface area contributed by atoms with Gasteiger partial charge >= 0.3 is 0 Å². The van der Waals surface area contributed by atoms with Gasteiger partial charge in [-0.1, -0.05) is 12.5 Å². The molecular weight excluding hydrogens is 354 g/mol. The second kappa shape index (κ2) is 10.5. The zero-order valence-corrected chi connectivity index (χ0v) is 15.0. The van der Waals surface area contributed by atoms with Crippen LogP contribution in [0.5, 0.6) is 0 Å². The monoisotopic (exact) mass is 383 g/mol. The summed E-state index contributed by atoms with van der Waals surface area (Å²) < 4.78 is 41.7. The van der Waals surface area contributed by atoms with Gasteiger partial charge < -0.3 is 35.1 Å². The number of ether oxygens (including phenoxy) is 2. The number of rotatable bonds is 5. The molecule has 10 heteroatoms. The Morgan fingerprint density at radius 1 is 1.16 bits per heavy atom. The Morgan fingerprint density at radius 2 is 1.76 bits per heavy atom. The lowest BCUT2D eigenvalue weighted by Gasteiger charge is -2.40. The van der Waals surface area contributed by atoms with Gasteiger partial charge in [-0.2, -0.15) is 0 Å². The van der Waals surface area contributed by atoms with Crippen LogP contribution in [0.1, 0.15) is 32.1 Å². The fourth-order valence-corrected chi connectivity index (χ4v) is 3.42. The maximum atomic E-state index is 10.6. The summed E-state index contributed by atoms with van der Waals surface area (Å²) in [6, 6.07) is 0.786. The van der Waals surface area contributed by atoms with Crippen LogP contribution < -0.4 is 5.73 Å². The van der Waals surface area contributed by atoms with Crippen molar-refractivity contribution >= 4 is 10.1 Å². The lowest BCUT2D eigenvalue weighted by atomic mass is 9.97. The molecular formula is C15H29NO8S. The summed E-state index contributed by atoms with van der Waals surface area (Å²) in [7, 11) is -4.64. The van der Waals surface area contributed by atoms with Crippen molar-refractivity contribution in [2.24, 2.45) is 0 Å². The van der Waals surface area contributed by atoms with Crippen molar-refractivity contribution in [2.45, 2.75) is 68.9 Å². The lowest BCUT2D eigenvalue weighted by Crippen LogP contribution is -2.61. The summed E-state index contributed by atoms with van der Waals surface area (Å²) >= 11 is 0. The second-order valence-electron chi connectivity index (χ2n) is 6.37. The highest BCUT2D eigenvalue weighted by Gasteiger charge is 2.44. The summed E-state index contributed by atoms with van der Waals surface area (Å²) in [4.78, 5) is 0. The first-order chi connectivity index (χ1) is 11.7. The molecule has 1 saturated carbocycles. The van der Waals surface area contributed by atoms with E-state index < -0.39 is 46.6 Å². The van der Waals surface area contributed by atoms with Gasteiger partial charge in [-0.05, 0) is 25.7 Å². The Hall–Kier alpha value is -0.590. The van der Waals surface area contributed by atoms with E-state index in [1.807, 2.05) is 0 Å². The highest BCUT2D eigenvalue weighted by molar-refractivity contribution is 7.85. The van der Waals surface area contributed by atoms with E-state index in [0.29, 0.717) is 0 Å². The van der Waals surface area contributed by atoms with Gasteiger partial charge in [-0.3, -0.25) is 0 Å². The minimum absolute atomic E-state index is 0.0125. The zero-order chi connectivity index (χ0) is 19.0. The summed E-state index contributed by atoms with van der Waals surface area (Å²) in [5, 5.41) is 28.5. The molecule has 0 unspecified atom stereocenters. The van der Waals surface area contributed by atoms with Gasteiger partial charge in [0.1, 0.15) is 24.4 Å². The topological polar surface area (TPSA) is 164 Å². The van der Waals surface area contributed by atoms with Crippen LogP contribution in [-0.2, 0) is 19.6 Å². The van der Waals surface area contributed by atoms with E-state index in [1.165, 1.54) is 38.2 Å². The molecule has 0 amide bonds. The van der Waals surface area contributed by atoms with Gasteiger partial charge in [0, 0.05) is 0 Å². The maximum Gasteiger partial charge on any atom is 0.186 e. The average molecular weight is 383 g/mol. The zero-order valence-electron chi connectivity index (χ0n) is 14.2. The lowest BCUT2D eigenvalue weighted by molar-refractivity contribution is -0.425. The van der Waals surface area contributed by atoms with E-state index in [1.54, 1.807) is 0 Å². The molecule has 148 valence electrons. The minimum atomic E-state index is -4.64. The van der Waals surface area contributed by atoms with Crippen molar-refractivity contribution in [3.05, 3.63) is 12.7 Å². The van der Waals surface area contributed by atoms with Gasteiger partial charge in [0.25, 0.3) is 0 Å². The maximum absolute atomic E-state index is 10.6. The molecule has 2 rings (SSSR count). The molecule has 9 nitrogen and oxygen atoms in total. The molecule has 25 heavy (non-hydrogen) atoms. The van der Waals surface area contributed by atoms with Crippen LogP contribution in [0.25, 0.3) is 0 Å².